The van der Waals surface area contributed by atoms with Crippen molar-refractivity contribution in [3.8, 4) is 0 Å². The van der Waals surface area contributed by atoms with Crippen molar-refractivity contribution in [3.63, 3.8) is 0 Å². The standard InChI is InChI=1S/C17H24N2O2/c1-3-18-12-14-8-10-19(11-9-14)17(21)16-7-5-4-6-15(16)13(2)20/h4-7,14,18H,3,8-12H2,1-2H3. The fourth-order valence-electron chi connectivity index (χ4n) is 2.84. The zero-order chi connectivity index (χ0) is 15.2. The Morgan fingerprint density at radius 1 is 1.19 bits per heavy atom. The van der Waals surface area contributed by atoms with Gasteiger partial charge in [0.05, 0.1) is 5.56 Å². The number of Topliss-reactive ketones (excluding diaryl/α,β-unsaturated/α-hetero) is 1. The smallest absolute Gasteiger partial charge is 0.254 e. The third-order valence-corrected chi connectivity index (χ3v) is 4.12. The molecule has 0 radical (unpaired) electrons. The van der Waals surface area contributed by atoms with Gasteiger partial charge in [-0.05, 0) is 44.8 Å². The summed E-state index contributed by atoms with van der Waals surface area (Å²) in [4.78, 5) is 26.1. The van der Waals surface area contributed by atoms with E-state index in [1.165, 1.54) is 6.92 Å². The first-order valence-electron chi connectivity index (χ1n) is 7.73. The number of ketones is 1. The molecule has 0 unspecified atom stereocenters. The predicted molar refractivity (Wildman–Crippen MR) is 83.6 cm³/mol. The molecule has 1 amide bonds. The average molecular weight is 288 g/mol. The van der Waals surface area contributed by atoms with Gasteiger partial charge in [-0.1, -0.05) is 25.1 Å². The van der Waals surface area contributed by atoms with Crippen LogP contribution in [-0.2, 0) is 0 Å². The summed E-state index contributed by atoms with van der Waals surface area (Å²) < 4.78 is 0. The molecule has 1 aromatic carbocycles. The van der Waals surface area contributed by atoms with Gasteiger partial charge in [-0.15, -0.1) is 0 Å². The van der Waals surface area contributed by atoms with Crippen LogP contribution in [0.2, 0.25) is 0 Å². The van der Waals surface area contributed by atoms with Gasteiger partial charge in [-0.2, -0.15) is 0 Å². The Morgan fingerprint density at radius 3 is 2.38 bits per heavy atom. The summed E-state index contributed by atoms with van der Waals surface area (Å²) in [6, 6.07) is 7.10. The van der Waals surface area contributed by atoms with Crippen molar-refractivity contribution >= 4 is 11.7 Å². The zero-order valence-corrected chi connectivity index (χ0v) is 12.9. The highest BCUT2D eigenvalue weighted by atomic mass is 16.2. The van der Waals surface area contributed by atoms with E-state index in [9.17, 15) is 9.59 Å². The van der Waals surface area contributed by atoms with Gasteiger partial charge < -0.3 is 10.2 Å². The number of rotatable bonds is 5. The van der Waals surface area contributed by atoms with Gasteiger partial charge in [0.15, 0.2) is 5.78 Å². The van der Waals surface area contributed by atoms with E-state index in [0.29, 0.717) is 17.0 Å². The van der Waals surface area contributed by atoms with Crippen LogP contribution in [0.3, 0.4) is 0 Å². The average Bonchev–Trinajstić information content (AvgIpc) is 2.52. The van der Waals surface area contributed by atoms with Crippen LogP contribution in [0.5, 0.6) is 0 Å². The molecule has 1 saturated heterocycles. The number of amides is 1. The second-order valence-electron chi connectivity index (χ2n) is 5.65. The molecule has 1 aromatic rings. The zero-order valence-electron chi connectivity index (χ0n) is 12.9. The number of likely N-dealkylation sites (tertiary alicyclic amines) is 1. The van der Waals surface area contributed by atoms with E-state index in [-0.39, 0.29) is 11.7 Å². The maximum atomic E-state index is 12.6. The van der Waals surface area contributed by atoms with Crippen molar-refractivity contribution in [1.82, 2.24) is 10.2 Å². The normalized spacial score (nSPS) is 16.0. The summed E-state index contributed by atoms with van der Waals surface area (Å²) >= 11 is 0. The van der Waals surface area contributed by atoms with Crippen molar-refractivity contribution in [2.75, 3.05) is 26.2 Å². The Morgan fingerprint density at radius 2 is 1.81 bits per heavy atom. The van der Waals surface area contributed by atoms with E-state index < -0.39 is 0 Å². The van der Waals surface area contributed by atoms with Crippen molar-refractivity contribution in [2.24, 2.45) is 5.92 Å². The monoisotopic (exact) mass is 288 g/mol. The van der Waals surface area contributed by atoms with Crippen LogP contribution in [0, 0.1) is 5.92 Å². The Hall–Kier alpha value is -1.68. The minimum absolute atomic E-state index is 0.0114. The number of carbonyl (C=O) groups excluding carboxylic acids is 2. The van der Waals surface area contributed by atoms with E-state index in [0.717, 1.165) is 39.0 Å². The van der Waals surface area contributed by atoms with Crippen LogP contribution in [0.4, 0.5) is 0 Å². The number of piperidine rings is 1. The van der Waals surface area contributed by atoms with Crippen LogP contribution >= 0.6 is 0 Å². The van der Waals surface area contributed by atoms with E-state index >= 15 is 0 Å². The number of carbonyl (C=O) groups is 2. The molecule has 1 aliphatic heterocycles. The van der Waals surface area contributed by atoms with Crippen molar-refractivity contribution in [3.05, 3.63) is 35.4 Å². The highest BCUT2D eigenvalue weighted by molar-refractivity contribution is 6.07. The SMILES string of the molecule is CCNCC1CCN(C(=O)c2ccccc2C(C)=O)CC1. The molecule has 0 atom stereocenters. The van der Waals surface area contributed by atoms with Gasteiger partial charge in [0, 0.05) is 18.7 Å². The van der Waals surface area contributed by atoms with Crippen LogP contribution in [0.15, 0.2) is 24.3 Å². The van der Waals surface area contributed by atoms with Gasteiger partial charge in [-0.3, -0.25) is 9.59 Å². The fourth-order valence-corrected chi connectivity index (χ4v) is 2.84. The lowest BCUT2D eigenvalue weighted by Crippen LogP contribution is -2.41. The number of nitrogens with one attached hydrogen (secondary N) is 1. The minimum atomic E-state index is -0.0546. The quantitative estimate of drug-likeness (QED) is 0.846. The molecule has 0 saturated carbocycles. The molecule has 0 spiro atoms. The van der Waals surface area contributed by atoms with Gasteiger partial charge >= 0.3 is 0 Å². The lowest BCUT2D eigenvalue weighted by molar-refractivity contribution is 0.0686. The van der Waals surface area contributed by atoms with E-state index in [1.54, 1.807) is 18.2 Å². The lowest BCUT2D eigenvalue weighted by Gasteiger charge is -2.32. The summed E-state index contributed by atoms with van der Waals surface area (Å²) in [6.07, 6.45) is 2.06. The third-order valence-electron chi connectivity index (χ3n) is 4.12. The highest BCUT2D eigenvalue weighted by Crippen LogP contribution is 2.20. The minimum Gasteiger partial charge on any atom is -0.339 e. The Labute approximate surface area is 126 Å². The summed E-state index contributed by atoms with van der Waals surface area (Å²) in [7, 11) is 0. The molecule has 1 heterocycles. The maximum absolute atomic E-state index is 12.6. The van der Waals surface area contributed by atoms with Gasteiger partial charge in [0.2, 0.25) is 0 Å². The molecule has 0 bridgehead atoms. The van der Waals surface area contributed by atoms with Crippen molar-refractivity contribution in [1.29, 1.82) is 0 Å². The summed E-state index contributed by atoms with van der Waals surface area (Å²) in [5.41, 5.74) is 1.06. The highest BCUT2D eigenvalue weighted by Gasteiger charge is 2.25. The van der Waals surface area contributed by atoms with Crippen LogP contribution in [0.1, 0.15) is 47.4 Å². The molecule has 0 aliphatic carbocycles. The molecular weight excluding hydrogens is 264 g/mol. The number of hydrogen-bond donors (Lipinski definition) is 1. The molecule has 114 valence electrons. The predicted octanol–water partition coefficient (Wildman–Crippen LogP) is 2.35. The molecule has 4 heteroatoms. The summed E-state index contributed by atoms with van der Waals surface area (Å²) in [5, 5.41) is 3.37. The second kappa shape index (κ2) is 7.36. The van der Waals surface area contributed by atoms with Crippen molar-refractivity contribution < 1.29 is 9.59 Å². The number of benzene rings is 1. The Bertz CT molecular complexity index is 505. The summed E-state index contributed by atoms with van der Waals surface area (Å²) in [5.74, 6) is 0.584. The first-order chi connectivity index (χ1) is 10.1. The maximum Gasteiger partial charge on any atom is 0.254 e. The van der Waals surface area contributed by atoms with Gasteiger partial charge in [0.25, 0.3) is 5.91 Å². The first kappa shape index (κ1) is 15.7. The molecule has 1 N–H and O–H groups in total. The van der Waals surface area contributed by atoms with E-state index in [2.05, 4.69) is 12.2 Å². The molecular formula is C17H24N2O2. The Balaban J connectivity index is 2.01. The molecule has 0 aromatic heterocycles. The van der Waals surface area contributed by atoms with Crippen LogP contribution < -0.4 is 5.32 Å². The third kappa shape index (κ3) is 3.91. The lowest BCUT2D eigenvalue weighted by atomic mass is 9.95. The van der Waals surface area contributed by atoms with Crippen LogP contribution in [-0.4, -0.2) is 42.8 Å². The van der Waals surface area contributed by atoms with Gasteiger partial charge in [-0.25, -0.2) is 0 Å². The molecule has 4 nitrogen and oxygen atoms in total. The van der Waals surface area contributed by atoms with Crippen LogP contribution in [0.25, 0.3) is 0 Å². The van der Waals surface area contributed by atoms with E-state index in [1.807, 2.05) is 11.0 Å². The van der Waals surface area contributed by atoms with Gasteiger partial charge in [0.1, 0.15) is 0 Å². The molecule has 2 rings (SSSR count). The number of nitrogens with zero attached hydrogens (tertiary/aromatic N) is 1. The molecule has 21 heavy (non-hydrogen) atoms. The number of hydrogen-bond acceptors (Lipinski definition) is 3. The first-order valence-corrected chi connectivity index (χ1v) is 7.73. The molecule has 1 aliphatic rings. The summed E-state index contributed by atoms with van der Waals surface area (Å²) in [6.45, 7) is 7.20. The topological polar surface area (TPSA) is 49.4 Å². The van der Waals surface area contributed by atoms with E-state index in [4.69, 9.17) is 0 Å². The van der Waals surface area contributed by atoms with Crippen molar-refractivity contribution in [2.45, 2.75) is 26.7 Å². The Kier molecular flexibility index (Phi) is 5.51. The largest absolute Gasteiger partial charge is 0.339 e. The molecule has 1 fully saturated rings. The second-order valence-corrected chi connectivity index (χ2v) is 5.65. The fraction of sp³-hybridized carbons (Fsp3) is 0.529.